The average Bonchev–Trinajstić information content (AvgIpc) is 1.35. The third-order valence-corrected chi connectivity index (χ3v) is 3.30. The van der Waals surface area contributed by atoms with E-state index in [1.165, 1.54) is 0 Å². The summed E-state index contributed by atoms with van der Waals surface area (Å²) in [5, 5.41) is 8.28. The van der Waals surface area contributed by atoms with Gasteiger partial charge in [0.1, 0.15) is 0 Å². The second-order valence-electron chi connectivity index (χ2n) is 1.25. The van der Waals surface area contributed by atoms with E-state index in [1.54, 1.807) is 23.3 Å². The number of aliphatic hydroxyl groups is 1. The molecular formula is C3H8OSiZr+2. The Bertz CT molecular complexity index is 54.8. The molecule has 0 aliphatic carbocycles. The molecule has 0 rings (SSSR count). The molecule has 1 nitrogen and oxygen atoms in total. The summed E-state index contributed by atoms with van der Waals surface area (Å²) < 4.78 is 0. The SMILES string of the molecule is C[Si](=[Zr+2])CCO. The molecule has 0 radical (unpaired) electrons. The number of rotatable bonds is 2. The van der Waals surface area contributed by atoms with E-state index in [1.807, 2.05) is 0 Å². The van der Waals surface area contributed by atoms with E-state index < -0.39 is 0 Å². The zero-order valence-corrected chi connectivity index (χ0v) is 7.32. The van der Waals surface area contributed by atoms with Gasteiger partial charge in [-0.2, -0.15) is 0 Å². The molecule has 6 heavy (non-hydrogen) atoms. The molecule has 0 aromatic rings. The molecule has 3 heteroatoms. The van der Waals surface area contributed by atoms with E-state index in [9.17, 15) is 0 Å². The van der Waals surface area contributed by atoms with Crippen molar-refractivity contribution in [1.82, 2.24) is 0 Å². The van der Waals surface area contributed by atoms with Gasteiger partial charge < -0.3 is 0 Å². The topological polar surface area (TPSA) is 20.2 Å². The molecule has 0 saturated carbocycles. The average molecular weight is 179 g/mol. The Morgan fingerprint density at radius 3 is 2.33 bits per heavy atom. The molecule has 0 bridgehead atoms. The fraction of sp³-hybridized carbons (Fsp3) is 1.00. The normalized spacial score (nSPS) is 8.67. The van der Waals surface area contributed by atoms with Crippen LogP contribution in [0.15, 0.2) is 0 Å². The minimum absolute atomic E-state index is 0.0455. The van der Waals surface area contributed by atoms with E-state index in [-0.39, 0.29) is 5.43 Å². The van der Waals surface area contributed by atoms with Crippen LogP contribution in [-0.4, -0.2) is 17.1 Å². The van der Waals surface area contributed by atoms with Crippen molar-refractivity contribution < 1.29 is 28.4 Å². The Morgan fingerprint density at radius 1 is 1.83 bits per heavy atom. The third-order valence-electron chi connectivity index (χ3n) is 0.487. The van der Waals surface area contributed by atoms with E-state index in [0.717, 1.165) is 6.04 Å². The van der Waals surface area contributed by atoms with Gasteiger partial charge >= 0.3 is 53.1 Å². The van der Waals surface area contributed by atoms with E-state index >= 15 is 0 Å². The molecule has 0 aromatic carbocycles. The van der Waals surface area contributed by atoms with Crippen LogP contribution in [0, 0.1) is 0 Å². The Hall–Kier alpha value is 1.06. The van der Waals surface area contributed by atoms with E-state index in [0.29, 0.717) is 6.61 Å². The monoisotopic (exact) mass is 178 g/mol. The first-order chi connectivity index (χ1) is 2.77. The predicted molar refractivity (Wildman–Crippen MR) is 23.5 cm³/mol. The van der Waals surface area contributed by atoms with Crippen LogP contribution in [0.4, 0.5) is 0 Å². The molecule has 0 heterocycles. The molecule has 0 aliphatic rings. The molecule has 1 N–H and O–H groups in total. The summed E-state index contributed by atoms with van der Waals surface area (Å²) in [5.74, 6) is 0. The van der Waals surface area contributed by atoms with Crippen LogP contribution in [0.1, 0.15) is 0 Å². The van der Waals surface area contributed by atoms with Crippen molar-refractivity contribution in [2.45, 2.75) is 12.6 Å². The Balaban J connectivity index is 2.83. The minimum atomic E-state index is -0.0455. The van der Waals surface area contributed by atoms with E-state index in [4.69, 9.17) is 5.11 Å². The van der Waals surface area contributed by atoms with Gasteiger partial charge in [0.2, 0.25) is 0 Å². The van der Waals surface area contributed by atoms with Crippen LogP contribution in [0.25, 0.3) is 0 Å². The van der Waals surface area contributed by atoms with Gasteiger partial charge in [0, 0.05) is 0 Å². The second kappa shape index (κ2) is 4.23. The zero-order valence-electron chi connectivity index (χ0n) is 3.86. The third kappa shape index (κ3) is 5.06. The van der Waals surface area contributed by atoms with Crippen LogP contribution >= 0.6 is 0 Å². The van der Waals surface area contributed by atoms with Crippen molar-refractivity contribution in [3.05, 3.63) is 0 Å². The van der Waals surface area contributed by atoms with Crippen molar-refractivity contribution in [2.75, 3.05) is 6.61 Å². The fourth-order valence-electron chi connectivity index (χ4n) is 0.168. The summed E-state index contributed by atoms with van der Waals surface area (Å²) in [5.41, 5.74) is -0.0455. The predicted octanol–water partition coefficient (Wildman–Crippen LogP) is 0.147. The molecule has 0 aromatic heterocycles. The van der Waals surface area contributed by atoms with Gasteiger partial charge in [0.05, 0.1) is 0 Å². The molecule has 32 valence electrons. The molecule has 0 unspecified atom stereocenters. The molecule has 0 amide bonds. The van der Waals surface area contributed by atoms with Crippen molar-refractivity contribution >= 4 is 5.43 Å². The summed E-state index contributed by atoms with van der Waals surface area (Å²) in [6.07, 6.45) is 0. The first-order valence-corrected chi connectivity index (χ1v) is 7.81. The summed E-state index contributed by atoms with van der Waals surface area (Å²) in [4.78, 5) is 0. The second-order valence-corrected chi connectivity index (χ2v) is 9.61. The fourth-order valence-corrected chi connectivity index (χ4v) is 1.33. The van der Waals surface area contributed by atoms with Gasteiger partial charge in [-0.05, 0) is 0 Å². The summed E-state index contributed by atoms with van der Waals surface area (Å²) in [6.45, 7) is 2.63. The van der Waals surface area contributed by atoms with Crippen LogP contribution in [0.2, 0.25) is 12.6 Å². The molecule has 0 spiro atoms. The summed E-state index contributed by atoms with van der Waals surface area (Å²) in [7, 11) is 0. The van der Waals surface area contributed by atoms with Gasteiger partial charge in [0.15, 0.2) is 0 Å². The molecule has 0 fully saturated rings. The standard InChI is InChI=1S/C3H8OSi.Zr/c1-5-3-2-4;/h4H,2-3H2,1H3;/q;+2. The maximum absolute atomic E-state index is 8.28. The number of hydrogen-bond acceptors (Lipinski definition) is 1. The molecule has 0 aliphatic heterocycles. The van der Waals surface area contributed by atoms with Crippen molar-refractivity contribution in [3.8, 4) is 0 Å². The quantitative estimate of drug-likeness (QED) is 0.598. The van der Waals surface area contributed by atoms with Gasteiger partial charge in [-0.3, -0.25) is 0 Å². The Kier molecular flexibility index (Phi) is 4.97. The first kappa shape index (κ1) is 7.06. The first-order valence-electron chi connectivity index (χ1n) is 1.92. The van der Waals surface area contributed by atoms with Crippen molar-refractivity contribution in [2.24, 2.45) is 0 Å². The van der Waals surface area contributed by atoms with Crippen molar-refractivity contribution in [1.29, 1.82) is 0 Å². The number of hydrogen-bond donors (Lipinski definition) is 1. The zero-order chi connectivity index (χ0) is 4.99. The van der Waals surface area contributed by atoms with Gasteiger partial charge in [-0.15, -0.1) is 0 Å². The van der Waals surface area contributed by atoms with Gasteiger partial charge in [-0.1, -0.05) is 0 Å². The van der Waals surface area contributed by atoms with E-state index in [2.05, 4.69) is 6.55 Å². The van der Waals surface area contributed by atoms with Crippen molar-refractivity contribution in [3.63, 3.8) is 0 Å². The van der Waals surface area contributed by atoms with Crippen LogP contribution in [0.5, 0.6) is 0 Å². The van der Waals surface area contributed by atoms with Gasteiger partial charge in [0.25, 0.3) is 0 Å². The Morgan fingerprint density at radius 2 is 2.33 bits per heavy atom. The molecule has 0 atom stereocenters. The van der Waals surface area contributed by atoms with Gasteiger partial charge in [-0.25, -0.2) is 0 Å². The number of aliphatic hydroxyl groups excluding tert-OH is 1. The van der Waals surface area contributed by atoms with Crippen LogP contribution in [-0.2, 0) is 23.3 Å². The van der Waals surface area contributed by atoms with Crippen LogP contribution in [0.3, 0.4) is 0 Å². The van der Waals surface area contributed by atoms with Crippen LogP contribution < -0.4 is 0 Å². The Labute approximate surface area is 53.1 Å². The molecular weight excluding hydrogens is 171 g/mol. The summed E-state index contributed by atoms with van der Waals surface area (Å²) in [6, 6.07) is 1.07. The molecule has 0 saturated heterocycles. The summed E-state index contributed by atoms with van der Waals surface area (Å²) >= 11 is 1.63. The maximum atomic E-state index is 8.28.